The second-order valence-electron chi connectivity index (χ2n) is 4.41. The molecular formula is C11H13ClN2O6S. The van der Waals surface area contributed by atoms with Crippen molar-refractivity contribution >= 4 is 33.3 Å². The normalized spacial score (nSPS) is 14.4. The Labute approximate surface area is 125 Å². The van der Waals surface area contributed by atoms with Crippen LogP contribution >= 0.6 is 11.6 Å². The van der Waals surface area contributed by atoms with Crippen molar-refractivity contribution in [3.8, 4) is 0 Å². The van der Waals surface area contributed by atoms with Gasteiger partial charge in [-0.15, -0.1) is 0 Å². The molecule has 2 N–H and O–H groups in total. The maximum atomic E-state index is 12.1. The summed E-state index contributed by atoms with van der Waals surface area (Å²) in [5.41, 5.74) is -0.543. The van der Waals surface area contributed by atoms with Gasteiger partial charge in [-0.3, -0.25) is 14.9 Å². The van der Waals surface area contributed by atoms with E-state index in [0.717, 1.165) is 18.2 Å². The molecule has 8 nitrogen and oxygen atoms in total. The molecule has 10 heteroatoms. The average Bonchev–Trinajstić information content (AvgIpc) is 2.36. The molecule has 0 heterocycles. The van der Waals surface area contributed by atoms with Crippen molar-refractivity contribution in [2.24, 2.45) is 5.92 Å². The SMILES string of the molecule is CC(NS(=O)(=O)c1ccc(Cl)c([N+](=O)[O-])c1)C(C)C(=O)O. The first-order valence-corrected chi connectivity index (χ1v) is 7.61. The predicted octanol–water partition coefficient (Wildman–Crippen LogP) is 1.64. The minimum atomic E-state index is -4.09. The standard InChI is InChI=1S/C11H13ClN2O6S/c1-6(11(15)16)7(2)13-21(19,20)8-3-4-9(12)10(5-8)14(17)18/h3-7,13H,1-2H3,(H,15,16). The van der Waals surface area contributed by atoms with E-state index < -0.39 is 38.6 Å². The Morgan fingerprint density at radius 1 is 1.43 bits per heavy atom. The Hall–Kier alpha value is -1.71. The van der Waals surface area contributed by atoms with E-state index in [-0.39, 0.29) is 9.92 Å². The highest BCUT2D eigenvalue weighted by Crippen LogP contribution is 2.27. The number of aliphatic carboxylic acids is 1. The molecule has 0 spiro atoms. The van der Waals surface area contributed by atoms with E-state index in [2.05, 4.69) is 4.72 Å². The van der Waals surface area contributed by atoms with E-state index in [0.29, 0.717) is 0 Å². The number of sulfonamides is 1. The first kappa shape index (κ1) is 17.3. The number of rotatable bonds is 6. The Morgan fingerprint density at radius 2 is 2.00 bits per heavy atom. The lowest BCUT2D eigenvalue weighted by atomic mass is 10.1. The molecule has 1 aromatic rings. The third-order valence-electron chi connectivity index (χ3n) is 2.91. The van der Waals surface area contributed by atoms with Crippen LogP contribution in [0.1, 0.15) is 13.8 Å². The summed E-state index contributed by atoms with van der Waals surface area (Å²) in [6, 6.07) is 2.14. The van der Waals surface area contributed by atoms with Gasteiger partial charge in [-0.05, 0) is 19.1 Å². The molecule has 0 aromatic heterocycles. The quantitative estimate of drug-likeness (QED) is 0.600. The minimum absolute atomic E-state index is 0.189. The van der Waals surface area contributed by atoms with Crippen molar-refractivity contribution in [1.82, 2.24) is 4.72 Å². The first-order chi connectivity index (χ1) is 9.56. The molecule has 2 atom stereocenters. The molecular weight excluding hydrogens is 324 g/mol. The second-order valence-corrected chi connectivity index (χ2v) is 6.53. The summed E-state index contributed by atoms with van der Waals surface area (Å²) < 4.78 is 26.3. The van der Waals surface area contributed by atoms with Crippen molar-refractivity contribution < 1.29 is 23.2 Å². The molecule has 0 aliphatic heterocycles. The molecule has 0 aliphatic rings. The van der Waals surface area contributed by atoms with E-state index in [9.17, 15) is 23.3 Å². The third kappa shape index (κ3) is 4.13. The molecule has 0 radical (unpaired) electrons. The van der Waals surface area contributed by atoms with Crippen LogP contribution in [-0.2, 0) is 14.8 Å². The summed E-state index contributed by atoms with van der Waals surface area (Å²) in [7, 11) is -4.09. The number of halogens is 1. The Kier molecular flexibility index (Phi) is 5.26. The van der Waals surface area contributed by atoms with Crippen LogP contribution in [0.15, 0.2) is 23.1 Å². The lowest BCUT2D eigenvalue weighted by molar-refractivity contribution is -0.384. The molecule has 0 amide bonds. The maximum Gasteiger partial charge on any atom is 0.307 e. The number of hydrogen-bond donors (Lipinski definition) is 2. The minimum Gasteiger partial charge on any atom is -0.481 e. The van der Waals surface area contributed by atoms with Gasteiger partial charge in [-0.2, -0.15) is 0 Å². The maximum absolute atomic E-state index is 12.1. The highest BCUT2D eigenvalue weighted by Gasteiger charge is 2.26. The van der Waals surface area contributed by atoms with E-state index >= 15 is 0 Å². The van der Waals surface area contributed by atoms with E-state index in [1.807, 2.05) is 0 Å². The van der Waals surface area contributed by atoms with Gasteiger partial charge in [-0.1, -0.05) is 18.5 Å². The number of carboxylic acid groups (broad SMARTS) is 1. The molecule has 116 valence electrons. The third-order valence-corrected chi connectivity index (χ3v) is 4.78. The van der Waals surface area contributed by atoms with Crippen molar-refractivity contribution in [3.05, 3.63) is 33.3 Å². The fourth-order valence-corrected chi connectivity index (χ4v) is 2.96. The topological polar surface area (TPSA) is 127 Å². The van der Waals surface area contributed by atoms with Gasteiger partial charge in [0.15, 0.2) is 0 Å². The van der Waals surface area contributed by atoms with Crippen LogP contribution in [0.25, 0.3) is 0 Å². The van der Waals surface area contributed by atoms with Crippen molar-refractivity contribution in [3.63, 3.8) is 0 Å². The number of benzene rings is 1. The predicted molar refractivity (Wildman–Crippen MR) is 74.7 cm³/mol. The van der Waals surface area contributed by atoms with Gasteiger partial charge in [0.2, 0.25) is 10.0 Å². The van der Waals surface area contributed by atoms with Crippen LogP contribution in [0.3, 0.4) is 0 Å². The van der Waals surface area contributed by atoms with Crippen molar-refractivity contribution in [2.75, 3.05) is 0 Å². The Balaban J connectivity index is 3.12. The Bertz CT molecular complexity index is 675. The summed E-state index contributed by atoms with van der Waals surface area (Å²) in [6.45, 7) is 2.74. The van der Waals surface area contributed by atoms with Gasteiger partial charge >= 0.3 is 5.97 Å². The molecule has 21 heavy (non-hydrogen) atoms. The lowest BCUT2D eigenvalue weighted by Crippen LogP contribution is -2.39. The highest BCUT2D eigenvalue weighted by atomic mass is 35.5. The largest absolute Gasteiger partial charge is 0.481 e. The van der Waals surface area contributed by atoms with Crippen molar-refractivity contribution in [1.29, 1.82) is 0 Å². The summed E-state index contributed by atoms with van der Waals surface area (Å²) in [4.78, 5) is 20.4. The van der Waals surface area contributed by atoms with Crippen LogP contribution in [-0.4, -0.2) is 30.5 Å². The number of nitro benzene ring substituents is 1. The molecule has 0 fully saturated rings. The van der Waals surface area contributed by atoms with Gasteiger partial charge in [0.1, 0.15) is 5.02 Å². The van der Waals surface area contributed by atoms with E-state index in [1.165, 1.54) is 13.8 Å². The van der Waals surface area contributed by atoms with Crippen LogP contribution in [0.5, 0.6) is 0 Å². The first-order valence-electron chi connectivity index (χ1n) is 5.75. The van der Waals surface area contributed by atoms with Gasteiger partial charge < -0.3 is 5.11 Å². The van der Waals surface area contributed by atoms with Gasteiger partial charge in [0, 0.05) is 12.1 Å². The molecule has 0 aliphatic carbocycles. The van der Waals surface area contributed by atoms with Crippen LogP contribution < -0.4 is 4.72 Å². The molecule has 2 unspecified atom stereocenters. The summed E-state index contributed by atoms with van der Waals surface area (Å²) >= 11 is 5.60. The van der Waals surface area contributed by atoms with Crippen LogP contribution in [0.2, 0.25) is 5.02 Å². The van der Waals surface area contributed by atoms with Gasteiger partial charge in [0.05, 0.1) is 15.7 Å². The fourth-order valence-electron chi connectivity index (χ4n) is 1.43. The number of nitro groups is 1. The second kappa shape index (κ2) is 6.37. The smallest absolute Gasteiger partial charge is 0.307 e. The lowest BCUT2D eigenvalue weighted by Gasteiger charge is -2.17. The monoisotopic (exact) mass is 336 g/mol. The number of carbonyl (C=O) groups is 1. The van der Waals surface area contributed by atoms with Crippen LogP contribution in [0.4, 0.5) is 5.69 Å². The Morgan fingerprint density at radius 3 is 2.48 bits per heavy atom. The molecule has 1 aromatic carbocycles. The summed E-state index contributed by atoms with van der Waals surface area (Å²) in [5, 5.41) is 19.4. The van der Waals surface area contributed by atoms with Gasteiger partial charge in [-0.25, -0.2) is 13.1 Å². The highest BCUT2D eigenvalue weighted by molar-refractivity contribution is 7.89. The molecule has 0 saturated carbocycles. The number of nitrogens with one attached hydrogen (secondary N) is 1. The molecule has 0 saturated heterocycles. The van der Waals surface area contributed by atoms with Crippen LogP contribution in [0, 0.1) is 16.0 Å². The average molecular weight is 337 g/mol. The number of hydrogen-bond acceptors (Lipinski definition) is 5. The fraction of sp³-hybridized carbons (Fsp3) is 0.364. The number of nitrogens with zero attached hydrogens (tertiary/aromatic N) is 1. The van der Waals surface area contributed by atoms with E-state index in [4.69, 9.17) is 16.7 Å². The zero-order valence-electron chi connectivity index (χ0n) is 11.1. The van der Waals surface area contributed by atoms with Gasteiger partial charge in [0.25, 0.3) is 5.69 Å². The molecule has 0 bridgehead atoms. The zero-order valence-corrected chi connectivity index (χ0v) is 12.7. The zero-order chi connectivity index (χ0) is 16.4. The summed E-state index contributed by atoms with van der Waals surface area (Å²) in [6.07, 6.45) is 0. The summed E-state index contributed by atoms with van der Waals surface area (Å²) in [5.74, 6) is -2.12. The number of carboxylic acids is 1. The molecule has 1 rings (SSSR count). The van der Waals surface area contributed by atoms with Crippen molar-refractivity contribution in [2.45, 2.75) is 24.8 Å². The van der Waals surface area contributed by atoms with E-state index in [1.54, 1.807) is 0 Å².